The number of nitrogens with zero attached hydrogens (tertiary/aromatic N) is 3. The van der Waals surface area contributed by atoms with E-state index in [0.717, 1.165) is 10.9 Å². The highest BCUT2D eigenvalue weighted by Gasteiger charge is 2.60. The molecule has 32 heavy (non-hydrogen) atoms. The maximum absolute atomic E-state index is 12.1. The van der Waals surface area contributed by atoms with Crippen LogP contribution in [0.5, 0.6) is 0 Å². The van der Waals surface area contributed by atoms with Gasteiger partial charge in [0.1, 0.15) is 30.5 Å². The minimum Gasteiger partial charge on any atom is -0.463 e. The van der Waals surface area contributed by atoms with Gasteiger partial charge >= 0.3 is 17.9 Å². The lowest BCUT2D eigenvalue weighted by Crippen LogP contribution is -2.50. The number of hydrogen-bond donors (Lipinski definition) is 1. The molecule has 11 nitrogen and oxygen atoms in total. The Morgan fingerprint density at radius 1 is 1.22 bits per heavy atom. The Morgan fingerprint density at radius 2 is 2.00 bits per heavy atom. The first-order chi connectivity index (χ1) is 15.2. The average Bonchev–Trinajstić information content (AvgIpc) is 3.09. The molecular formula is C21H24N4O7. The zero-order valence-corrected chi connectivity index (χ0v) is 18.2. The van der Waals surface area contributed by atoms with E-state index < -0.39 is 41.9 Å². The van der Waals surface area contributed by atoms with Gasteiger partial charge < -0.3 is 28.8 Å². The van der Waals surface area contributed by atoms with Gasteiger partial charge in [-0.25, -0.2) is 9.97 Å². The molecule has 1 fully saturated rings. The highest BCUT2D eigenvalue weighted by Crippen LogP contribution is 2.45. The second-order valence-electron chi connectivity index (χ2n) is 7.83. The van der Waals surface area contributed by atoms with Crippen molar-refractivity contribution in [2.75, 3.05) is 18.5 Å². The van der Waals surface area contributed by atoms with Gasteiger partial charge in [-0.3, -0.25) is 14.4 Å². The molecule has 0 aliphatic carbocycles. The summed E-state index contributed by atoms with van der Waals surface area (Å²) in [6, 6.07) is 0. The summed E-state index contributed by atoms with van der Waals surface area (Å²) in [5, 5.41) is 4.00. The normalized spacial score (nSPS) is 26.3. The largest absolute Gasteiger partial charge is 0.463 e. The Bertz CT molecular complexity index is 1110. The van der Waals surface area contributed by atoms with E-state index in [-0.39, 0.29) is 6.61 Å². The molecule has 1 N–H and O–H groups in total. The van der Waals surface area contributed by atoms with Crippen molar-refractivity contribution in [2.45, 2.75) is 51.7 Å². The lowest BCUT2D eigenvalue weighted by Gasteiger charge is -2.34. The lowest BCUT2D eigenvalue weighted by molar-refractivity contribution is -0.184. The van der Waals surface area contributed by atoms with E-state index in [4.69, 9.17) is 18.9 Å². The highest BCUT2D eigenvalue weighted by atomic mass is 16.7. The summed E-state index contributed by atoms with van der Waals surface area (Å²) in [4.78, 5) is 44.1. The number of anilines is 1. The fourth-order valence-electron chi connectivity index (χ4n) is 4.23. The van der Waals surface area contributed by atoms with Gasteiger partial charge in [0.2, 0.25) is 0 Å². The lowest BCUT2D eigenvalue weighted by atomic mass is 9.95. The number of ether oxygens (including phenoxy) is 4. The number of hydrogen-bond acceptors (Lipinski definition) is 10. The Morgan fingerprint density at radius 3 is 2.69 bits per heavy atom. The van der Waals surface area contributed by atoms with Crippen molar-refractivity contribution in [1.82, 2.24) is 14.5 Å². The molecule has 2 aliphatic heterocycles. The predicted octanol–water partition coefficient (Wildman–Crippen LogP) is 1.58. The third kappa shape index (κ3) is 3.79. The molecule has 0 spiro atoms. The van der Waals surface area contributed by atoms with Gasteiger partial charge in [0.15, 0.2) is 17.9 Å². The minimum atomic E-state index is -1.43. The van der Waals surface area contributed by atoms with Crippen molar-refractivity contribution >= 4 is 40.8 Å². The quantitative estimate of drug-likeness (QED) is 0.536. The molecule has 0 aromatic carbocycles. The third-order valence-electron chi connectivity index (χ3n) is 5.38. The molecule has 4 atom stereocenters. The van der Waals surface area contributed by atoms with Crippen molar-refractivity contribution in [2.24, 2.45) is 0 Å². The average molecular weight is 444 g/mol. The Kier molecular flexibility index (Phi) is 5.59. The molecule has 2 aromatic rings. The predicted molar refractivity (Wildman–Crippen MR) is 111 cm³/mol. The molecule has 1 saturated heterocycles. The Balaban J connectivity index is 1.85. The number of esters is 3. The van der Waals surface area contributed by atoms with Crippen molar-refractivity contribution in [1.29, 1.82) is 0 Å². The number of nitrogens with one attached hydrogen (secondary N) is 1. The molecule has 0 bridgehead atoms. The Labute approximate surface area is 183 Å². The number of aromatic nitrogens is 3. The van der Waals surface area contributed by atoms with Gasteiger partial charge in [0.05, 0.1) is 5.39 Å². The fourth-order valence-corrected chi connectivity index (χ4v) is 4.23. The molecule has 4 rings (SSSR count). The third-order valence-corrected chi connectivity index (χ3v) is 5.38. The van der Waals surface area contributed by atoms with Crippen molar-refractivity contribution in [3.8, 4) is 0 Å². The molecular weight excluding hydrogens is 420 g/mol. The fraction of sp³-hybridized carbons (Fsp3) is 0.476. The van der Waals surface area contributed by atoms with Gasteiger partial charge in [0, 0.05) is 39.1 Å². The molecule has 0 saturated carbocycles. The first-order valence-corrected chi connectivity index (χ1v) is 10.1. The van der Waals surface area contributed by atoms with Gasteiger partial charge in [-0.15, -0.1) is 0 Å². The molecule has 4 heterocycles. The van der Waals surface area contributed by atoms with E-state index in [2.05, 4.69) is 15.3 Å². The number of carbonyl (C=O) groups excluding carboxylic acids is 3. The maximum atomic E-state index is 12.1. The topological polar surface area (TPSA) is 131 Å². The maximum Gasteiger partial charge on any atom is 0.303 e. The molecule has 0 radical (unpaired) electrons. The van der Waals surface area contributed by atoms with Crippen LogP contribution in [0.4, 0.5) is 5.82 Å². The van der Waals surface area contributed by atoms with E-state index in [1.807, 2.05) is 18.3 Å². The number of rotatable bonds is 5. The summed E-state index contributed by atoms with van der Waals surface area (Å²) in [5.74, 6) is -1.03. The summed E-state index contributed by atoms with van der Waals surface area (Å²) in [6.45, 7) is 5.82. The molecule has 2 aliphatic rings. The van der Waals surface area contributed by atoms with E-state index >= 15 is 0 Å². The highest BCUT2D eigenvalue weighted by molar-refractivity contribution is 5.96. The molecule has 2 aromatic heterocycles. The van der Waals surface area contributed by atoms with Crippen LogP contribution in [-0.4, -0.2) is 63.4 Å². The van der Waals surface area contributed by atoms with Crippen LogP contribution in [0.1, 0.15) is 39.5 Å². The summed E-state index contributed by atoms with van der Waals surface area (Å²) >= 11 is 0. The summed E-state index contributed by atoms with van der Waals surface area (Å²) in [6.07, 6.45) is 4.30. The van der Waals surface area contributed by atoms with Crippen LogP contribution in [0.3, 0.4) is 0 Å². The second kappa shape index (κ2) is 8.23. The standard InChI is InChI=1S/C21H24N4O7/c1-11(26)29-9-15-17(30-12(2)27)21(4,32-13(3)28)20(31-15)25-8-14-6-5-7-22-18-16(14)19(25)24-10-23-18/h5-6,8,10,15,17,20H,7,9H2,1-4H3,(H,22,23,24)/t15-,17-,20-,21-/m1/s1. The number of carbonyl (C=O) groups is 3. The summed E-state index contributed by atoms with van der Waals surface area (Å²) in [5.41, 5.74) is -0.0400. The summed E-state index contributed by atoms with van der Waals surface area (Å²) < 4.78 is 24.3. The van der Waals surface area contributed by atoms with E-state index in [1.165, 1.54) is 27.1 Å². The van der Waals surface area contributed by atoms with Crippen LogP contribution in [-0.2, 0) is 33.3 Å². The Hall–Kier alpha value is -3.47. The minimum absolute atomic E-state index is 0.186. The zero-order chi connectivity index (χ0) is 23.0. The van der Waals surface area contributed by atoms with Crippen molar-refractivity contribution in [3.05, 3.63) is 24.2 Å². The first kappa shape index (κ1) is 21.8. The van der Waals surface area contributed by atoms with Crippen LogP contribution in [0, 0.1) is 0 Å². The van der Waals surface area contributed by atoms with Crippen LogP contribution >= 0.6 is 0 Å². The molecule has 0 amide bonds. The second-order valence-corrected chi connectivity index (χ2v) is 7.83. The van der Waals surface area contributed by atoms with Crippen LogP contribution in [0.15, 0.2) is 18.6 Å². The monoisotopic (exact) mass is 444 g/mol. The van der Waals surface area contributed by atoms with Gasteiger partial charge in [0.25, 0.3) is 0 Å². The van der Waals surface area contributed by atoms with Crippen LogP contribution in [0.2, 0.25) is 0 Å². The summed E-state index contributed by atoms with van der Waals surface area (Å²) in [7, 11) is 0. The van der Waals surface area contributed by atoms with E-state index in [9.17, 15) is 14.4 Å². The van der Waals surface area contributed by atoms with E-state index in [0.29, 0.717) is 18.0 Å². The molecule has 0 unspecified atom stereocenters. The van der Waals surface area contributed by atoms with E-state index in [1.54, 1.807) is 11.5 Å². The van der Waals surface area contributed by atoms with Crippen LogP contribution < -0.4 is 5.32 Å². The zero-order valence-electron chi connectivity index (χ0n) is 18.2. The van der Waals surface area contributed by atoms with Gasteiger partial charge in [-0.2, -0.15) is 0 Å². The van der Waals surface area contributed by atoms with Gasteiger partial charge in [-0.05, 0) is 6.92 Å². The molecule has 170 valence electrons. The van der Waals surface area contributed by atoms with Crippen molar-refractivity contribution in [3.63, 3.8) is 0 Å². The van der Waals surface area contributed by atoms with Crippen LogP contribution in [0.25, 0.3) is 17.1 Å². The SMILES string of the molecule is CC(=O)OC[C@H]1O[C@@H](n2cc3c4c(ncnc42)NCC=C3)[C@](C)(OC(C)=O)[C@@H]1OC(C)=O. The molecule has 11 heteroatoms. The van der Waals surface area contributed by atoms with Crippen molar-refractivity contribution < 1.29 is 33.3 Å². The first-order valence-electron chi connectivity index (χ1n) is 10.1. The van der Waals surface area contributed by atoms with Gasteiger partial charge in [-0.1, -0.05) is 12.2 Å². The smallest absolute Gasteiger partial charge is 0.303 e.